The van der Waals surface area contributed by atoms with Gasteiger partial charge in [-0.3, -0.25) is 0 Å². The van der Waals surface area contributed by atoms with Crippen LogP contribution in [0.1, 0.15) is 0 Å². The maximum Gasteiger partial charge on any atom is 0.245 e. The first kappa shape index (κ1) is 23.4. The number of hydrogen-bond donors (Lipinski definition) is 0. The van der Waals surface area contributed by atoms with Gasteiger partial charge in [0.05, 0.1) is 22.9 Å². The molecule has 2 aromatic rings. The van der Waals surface area contributed by atoms with Crippen molar-refractivity contribution < 1.29 is 26.3 Å². The molecule has 0 saturated carbocycles. The molecule has 1 saturated heterocycles. The van der Waals surface area contributed by atoms with E-state index >= 15 is 0 Å². The molecule has 164 valence electrons. The number of piperazine rings is 1. The number of ether oxygens (including phenoxy) is 2. The molecule has 1 heterocycles. The van der Waals surface area contributed by atoms with E-state index in [2.05, 4.69) is 0 Å². The molecule has 8 nitrogen and oxygen atoms in total. The number of rotatable bonds is 6. The normalized spacial score (nSPS) is 21.6. The standard InChI is InChI=1S/C18H20Cl2N2O6S2/c1-27-17-11-22(30(25,26)16-9-5-14(20)6-10-16)18(28-2)12-21(17)29(23,24)15-7-3-13(19)4-8-15/h3-10,17-18H,11-12H2,1-2H3/t17-,18+. The summed E-state index contributed by atoms with van der Waals surface area (Å²) in [4.78, 5) is 0.0237. The molecule has 0 spiro atoms. The zero-order chi connectivity index (χ0) is 22.1. The van der Waals surface area contributed by atoms with Crippen LogP contribution in [0.15, 0.2) is 58.3 Å². The third-order valence-electron chi connectivity index (χ3n) is 4.70. The molecule has 1 aliphatic heterocycles. The van der Waals surface area contributed by atoms with Crippen LogP contribution in [0.2, 0.25) is 10.0 Å². The molecular weight excluding hydrogens is 475 g/mol. The Morgan fingerprint density at radius 2 is 1.00 bits per heavy atom. The molecular formula is C18H20Cl2N2O6S2. The molecule has 0 aromatic heterocycles. The minimum atomic E-state index is -3.99. The van der Waals surface area contributed by atoms with Crippen LogP contribution in [-0.2, 0) is 29.5 Å². The van der Waals surface area contributed by atoms with Crippen molar-refractivity contribution in [3.8, 4) is 0 Å². The van der Waals surface area contributed by atoms with Crippen LogP contribution in [0.4, 0.5) is 0 Å². The molecule has 1 fully saturated rings. The lowest BCUT2D eigenvalue weighted by Gasteiger charge is -2.43. The largest absolute Gasteiger partial charge is 0.364 e. The Balaban J connectivity index is 1.96. The van der Waals surface area contributed by atoms with Gasteiger partial charge in [-0.05, 0) is 48.5 Å². The summed E-state index contributed by atoms with van der Waals surface area (Å²) in [5.74, 6) is 0. The summed E-state index contributed by atoms with van der Waals surface area (Å²) < 4.78 is 65.5. The molecule has 1 aliphatic rings. The lowest BCUT2D eigenvalue weighted by Crippen LogP contribution is -2.62. The zero-order valence-corrected chi connectivity index (χ0v) is 19.2. The van der Waals surface area contributed by atoms with Gasteiger partial charge in [0.2, 0.25) is 20.0 Å². The Hall–Kier alpha value is -1.24. The average molecular weight is 495 g/mol. The highest BCUT2D eigenvalue weighted by Crippen LogP contribution is 2.29. The van der Waals surface area contributed by atoms with E-state index in [4.69, 9.17) is 32.7 Å². The van der Waals surface area contributed by atoms with Crippen molar-refractivity contribution in [3.63, 3.8) is 0 Å². The van der Waals surface area contributed by atoms with Gasteiger partial charge in [-0.1, -0.05) is 23.2 Å². The Labute approximate surface area is 186 Å². The van der Waals surface area contributed by atoms with Gasteiger partial charge >= 0.3 is 0 Å². The third-order valence-corrected chi connectivity index (χ3v) is 8.94. The first-order valence-corrected chi connectivity index (χ1v) is 12.4. The summed E-state index contributed by atoms with van der Waals surface area (Å²) in [6.45, 7) is -0.514. The molecule has 0 amide bonds. The molecule has 3 rings (SSSR count). The highest BCUT2D eigenvalue weighted by molar-refractivity contribution is 7.89. The first-order chi connectivity index (χ1) is 14.1. The van der Waals surface area contributed by atoms with Crippen LogP contribution in [0.25, 0.3) is 0 Å². The van der Waals surface area contributed by atoms with Gasteiger partial charge in [-0.25, -0.2) is 16.8 Å². The number of benzene rings is 2. The molecule has 0 radical (unpaired) electrons. The molecule has 12 heteroatoms. The second kappa shape index (κ2) is 9.09. The van der Waals surface area contributed by atoms with E-state index in [1.807, 2.05) is 0 Å². The summed E-state index contributed by atoms with van der Waals surface area (Å²) in [7, 11) is -5.35. The Bertz CT molecular complexity index is 1000. The summed E-state index contributed by atoms with van der Waals surface area (Å²) in [5.41, 5.74) is 0. The topological polar surface area (TPSA) is 93.2 Å². The van der Waals surface area contributed by atoms with Crippen molar-refractivity contribution in [1.29, 1.82) is 0 Å². The Morgan fingerprint density at radius 1 is 0.700 bits per heavy atom. The van der Waals surface area contributed by atoms with Crippen molar-refractivity contribution >= 4 is 43.2 Å². The van der Waals surface area contributed by atoms with Gasteiger partial charge in [0, 0.05) is 24.3 Å². The fraction of sp³-hybridized carbons (Fsp3) is 0.333. The van der Waals surface area contributed by atoms with Gasteiger partial charge in [0.15, 0.2) is 0 Å². The Kier molecular flexibility index (Phi) is 7.10. The number of hydrogen-bond acceptors (Lipinski definition) is 6. The van der Waals surface area contributed by atoms with Crippen LogP contribution in [0, 0.1) is 0 Å². The van der Waals surface area contributed by atoms with E-state index in [9.17, 15) is 16.8 Å². The van der Waals surface area contributed by atoms with Crippen LogP contribution in [-0.4, -0.2) is 65.2 Å². The second-order valence-electron chi connectivity index (χ2n) is 6.44. The lowest BCUT2D eigenvalue weighted by atomic mass is 10.4. The first-order valence-electron chi connectivity index (χ1n) is 8.71. The van der Waals surface area contributed by atoms with E-state index in [1.54, 1.807) is 0 Å². The van der Waals surface area contributed by atoms with Crippen molar-refractivity contribution in [3.05, 3.63) is 58.6 Å². The number of methoxy groups -OCH3 is 2. The van der Waals surface area contributed by atoms with E-state index in [0.29, 0.717) is 10.0 Å². The van der Waals surface area contributed by atoms with E-state index < -0.39 is 32.5 Å². The summed E-state index contributed by atoms with van der Waals surface area (Å²) in [5, 5.41) is 0.789. The van der Waals surface area contributed by atoms with Gasteiger partial charge in [0.1, 0.15) is 12.5 Å². The summed E-state index contributed by atoms with van der Waals surface area (Å²) >= 11 is 11.7. The minimum absolute atomic E-state index is 0.0119. The van der Waals surface area contributed by atoms with Gasteiger partial charge in [-0.2, -0.15) is 8.61 Å². The molecule has 0 N–H and O–H groups in total. The van der Waals surface area contributed by atoms with E-state index in [0.717, 1.165) is 8.61 Å². The maximum atomic E-state index is 13.2. The van der Waals surface area contributed by atoms with Gasteiger partial charge < -0.3 is 9.47 Å². The molecule has 0 aliphatic carbocycles. The SMILES string of the molecule is CO[C@H]1CN(S(=O)(=O)c2ccc(Cl)cc2)[C@H](OC)CN1S(=O)(=O)c1ccc(Cl)cc1. The second-order valence-corrected chi connectivity index (χ2v) is 11.1. The van der Waals surface area contributed by atoms with Crippen molar-refractivity contribution in [2.45, 2.75) is 22.2 Å². The predicted octanol–water partition coefficient (Wildman–Crippen LogP) is 2.63. The fourth-order valence-corrected chi connectivity index (χ4v) is 6.42. The summed E-state index contributed by atoms with van der Waals surface area (Å²) in [6.07, 6.45) is -2.11. The van der Waals surface area contributed by atoms with Gasteiger partial charge in [0.25, 0.3) is 0 Å². The number of nitrogens with zero attached hydrogens (tertiary/aromatic N) is 2. The quantitative estimate of drug-likeness (QED) is 0.612. The fourth-order valence-electron chi connectivity index (χ4n) is 3.10. The van der Waals surface area contributed by atoms with Crippen molar-refractivity contribution in [1.82, 2.24) is 8.61 Å². The van der Waals surface area contributed by atoms with Crippen LogP contribution < -0.4 is 0 Å². The minimum Gasteiger partial charge on any atom is -0.364 e. The highest BCUT2D eigenvalue weighted by Gasteiger charge is 2.45. The van der Waals surface area contributed by atoms with Crippen LogP contribution in [0.3, 0.4) is 0 Å². The molecule has 0 unspecified atom stereocenters. The Morgan fingerprint density at radius 3 is 1.27 bits per heavy atom. The molecule has 2 aromatic carbocycles. The predicted molar refractivity (Wildman–Crippen MR) is 112 cm³/mol. The van der Waals surface area contributed by atoms with E-state index in [1.165, 1.54) is 62.8 Å². The summed E-state index contributed by atoms with van der Waals surface area (Å²) in [6, 6.07) is 11.4. The maximum absolute atomic E-state index is 13.2. The van der Waals surface area contributed by atoms with Gasteiger partial charge in [-0.15, -0.1) is 0 Å². The van der Waals surface area contributed by atoms with Crippen LogP contribution in [0.5, 0.6) is 0 Å². The number of halogens is 2. The molecule has 2 atom stereocenters. The highest BCUT2D eigenvalue weighted by atomic mass is 35.5. The van der Waals surface area contributed by atoms with E-state index in [-0.39, 0.29) is 22.9 Å². The lowest BCUT2D eigenvalue weighted by molar-refractivity contribution is -0.0997. The molecule has 0 bridgehead atoms. The van der Waals surface area contributed by atoms with Crippen LogP contribution >= 0.6 is 23.2 Å². The number of sulfonamides is 2. The monoisotopic (exact) mass is 494 g/mol. The average Bonchev–Trinajstić information content (AvgIpc) is 2.73. The third kappa shape index (κ3) is 4.51. The van der Waals surface area contributed by atoms with Crippen molar-refractivity contribution in [2.75, 3.05) is 27.3 Å². The molecule has 30 heavy (non-hydrogen) atoms. The zero-order valence-electron chi connectivity index (χ0n) is 16.1. The smallest absolute Gasteiger partial charge is 0.245 e. The van der Waals surface area contributed by atoms with Crippen molar-refractivity contribution in [2.24, 2.45) is 0 Å².